The summed E-state index contributed by atoms with van der Waals surface area (Å²) in [5.74, 6) is -1.55. The van der Waals surface area contributed by atoms with Crippen LogP contribution in [0.5, 0.6) is 0 Å². The number of carbonyl (C=O) groups excluding carboxylic acids is 2. The Morgan fingerprint density at radius 2 is 2.09 bits per heavy atom. The minimum absolute atomic E-state index is 0.0114. The van der Waals surface area contributed by atoms with Gasteiger partial charge in [-0.1, -0.05) is 12.1 Å². The lowest BCUT2D eigenvalue weighted by Gasteiger charge is -2.31. The van der Waals surface area contributed by atoms with Gasteiger partial charge in [0.1, 0.15) is 24.7 Å². The molecule has 13 nitrogen and oxygen atoms in total. The number of aliphatic hydroxyl groups excluding tert-OH is 1. The lowest BCUT2D eigenvalue weighted by Crippen LogP contribution is -2.44. The molecule has 1 aliphatic carbocycles. The number of nitrogens with zero attached hydrogens (tertiary/aromatic N) is 5. The molecule has 0 saturated carbocycles. The Kier molecular flexibility index (Phi) is 7.02. The minimum atomic E-state index is -1.97. The average Bonchev–Trinajstić information content (AvgIpc) is 3.65. The second-order valence-corrected chi connectivity index (χ2v) is 11.7. The molecule has 1 aromatic carbocycles. The number of halogens is 1. The number of hydrogen-bond acceptors (Lipinski definition) is 10. The summed E-state index contributed by atoms with van der Waals surface area (Å²) in [5, 5.41) is 31.9. The van der Waals surface area contributed by atoms with E-state index in [0.717, 1.165) is 22.1 Å². The largest absolute Gasteiger partial charge is 0.458 e. The highest BCUT2D eigenvalue weighted by Crippen LogP contribution is 2.45. The van der Waals surface area contributed by atoms with E-state index in [1.165, 1.54) is 15.3 Å². The van der Waals surface area contributed by atoms with Crippen LogP contribution in [0.25, 0.3) is 22.3 Å². The van der Waals surface area contributed by atoms with Crippen LogP contribution in [0.1, 0.15) is 64.9 Å². The Bertz CT molecular complexity index is 1970. The van der Waals surface area contributed by atoms with Crippen molar-refractivity contribution in [1.29, 1.82) is 0 Å². The monoisotopic (exact) mass is 618 g/mol. The smallest absolute Gasteiger partial charge is 0.343 e. The third kappa shape index (κ3) is 4.54. The molecule has 4 aromatic rings. The maximum absolute atomic E-state index is 15.1. The van der Waals surface area contributed by atoms with Gasteiger partial charge in [0.05, 0.1) is 61.0 Å². The van der Waals surface area contributed by atoms with E-state index in [9.17, 15) is 19.5 Å². The van der Waals surface area contributed by atoms with E-state index >= 15 is 4.39 Å². The lowest BCUT2D eigenvalue weighted by molar-refractivity contribution is -0.172. The topological polar surface area (TPSA) is 171 Å². The fraction of sp³-hybridized carbons (Fsp3) is 0.419. The summed E-state index contributed by atoms with van der Waals surface area (Å²) in [6, 6.07) is 2.53. The normalized spacial score (nSPS) is 19.7. The molecule has 3 N–H and O–H groups in total. The first kappa shape index (κ1) is 29.2. The fourth-order valence-corrected chi connectivity index (χ4v) is 6.78. The first-order chi connectivity index (χ1) is 21.6. The van der Waals surface area contributed by atoms with Crippen LogP contribution in [0.2, 0.25) is 0 Å². The maximum Gasteiger partial charge on any atom is 0.343 e. The SMILES string of the molecule is CC[C@@]1(O)C(=O)OCc2c1cc1n(c2=O)Cc2c-1nc1cc(F)c(C)c3c1c2[C@@H](NC(=O)COCCn1cc(CO)nn1)CC3. The molecule has 0 fully saturated rings. The van der Waals surface area contributed by atoms with Gasteiger partial charge in [-0.3, -0.25) is 9.59 Å². The van der Waals surface area contributed by atoms with E-state index in [4.69, 9.17) is 19.6 Å². The Morgan fingerprint density at radius 3 is 2.84 bits per heavy atom. The molecule has 0 spiro atoms. The van der Waals surface area contributed by atoms with Gasteiger partial charge >= 0.3 is 5.97 Å². The van der Waals surface area contributed by atoms with Crippen molar-refractivity contribution in [2.45, 2.75) is 71.1 Å². The molecule has 1 amide bonds. The van der Waals surface area contributed by atoms with Gasteiger partial charge in [-0.05, 0) is 48.9 Å². The number of benzene rings is 1. The summed E-state index contributed by atoms with van der Waals surface area (Å²) < 4.78 is 28.9. The standard InChI is InChI=1S/C31H31FN6O7/c1-3-31(43)20-8-24-28-18(11-38(24)29(41)19(20)13-45-30(31)42)27-22(5-4-17-15(2)21(32)9-23(34-28)26(17)27)33-25(40)14-44-7-6-37-10-16(12-39)35-36-37/h8-10,22,39,43H,3-7,11-14H2,1-2H3,(H,33,40)/t22-,31-/m0/s1. The van der Waals surface area contributed by atoms with Gasteiger partial charge in [0.15, 0.2) is 5.60 Å². The zero-order valence-electron chi connectivity index (χ0n) is 24.7. The highest BCUT2D eigenvalue weighted by atomic mass is 19.1. The molecule has 45 heavy (non-hydrogen) atoms. The summed E-state index contributed by atoms with van der Waals surface area (Å²) in [4.78, 5) is 44.3. The Balaban J connectivity index is 1.25. The highest BCUT2D eigenvalue weighted by molar-refractivity contribution is 5.94. The quantitative estimate of drug-likeness (QED) is 0.171. The van der Waals surface area contributed by atoms with Crippen molar-refractivity contribution in [2.75, 3.05) is 13.2 Å². The Hall–Kier alpha value is -4.53. The van der Waals surface area contributed by atoms with Gasteiger partial charge in [0.25, 0.3) is 5.56 Å². The minimum Gasteiger partial charge on any atom is -0.458 e. The van der Waals surface area contributed by atoms with Crippen molar-refractivity contribution >= 4 is 22.8 Å². The summed E-state index contributed by atoms with van der Waals surface area (Å²) in [7, 11) is 0. The highest BCUT2D eigenvalue weighted by Gasteiger charge is 2.46. The number of hydrogen-bond donors (Lipinski definition) is 3. The number of esters is 1. The van der Waals surface area contributed by atoms with Gasteiger partial charge < -0.3 is 29.6 Å². The summed E-state index contributed by atoms with van der Waals surface area (Å²) >= 11 is 0. The van der Waals surface area contributed by atoms with Crippen LogP contribution in [0.3, 0.4) is 0 Å². The summed E-state index contributed by atoms with van der Waals surface area (Å²) in [6.07, 6.45) is 2.62. The van der Waals surface area contributed by atoms with Gasteiger partial charge in [-0.15, -0.1) is 5.10 Å². The molecule has 0 radical (unpaired) electrons. The van der Waals surface area contributed by atoms with Gasteiger partial charge in [0, 0.05) is 22.6 Å². The van der Waals surface area contributed by atoms with Crippen LogP contribution < -0.4 is 10.9 Å². The van der Waals surface area contributed by atoms with E-state index < -0.39 is 29.0 Å². The molecule has 3 aromatic heterocycles. The third-order valence-corrected chi connectivity index (χ3v) is 9.16. The van der Waals surface area contributed by atoms with Crippen LogP contribution >= 0.6 is 0 Å². The predicted molar refractivity (Wildman–Crippen MR) is 155 cm³/mol. The zero-order chi connectivity index (χ0) is 31.6. The molecule has 0 bridgehead atoms. The number of ether oxygens (including phenoxy) is 2. The number of carbonyl (C=O) groups is 2. The number of fused-ring (bicyclic) bond motifs is 5. The molecule has 7 rings (SSSR count). The lowest BCUT2D eigenvalue weighted by atomic mass is 9.81. The second kappa shape index (κ2) is 10.8. The number of amides is 1. The van der Waals surface area contributed by atoms with Gasteiger partial charge in [-0.25, -0.2) is 18.9 Å². The van der Waals surface area contributed by atoms with Crippen LogP contribution in [-0.2, 0) is 57.4 Å². The van der Waals surface area contributed by atoms with E-state index in [-0.39, 0.29) is 56.4 Å². The van der Waals surface area contributed by atoms with Crippen LogP contribution in [0, 0.1) is 12.7 Å². The van der Waals surface area contributed by atoms with E-state index in [1.807, 2.05) is 0 Å². The van der Waals surface area contributed by atoms with Crippen molar-refractivity contribution in [2.24, 2.45) is 0 Å². The molecule has 0 saturated heterocycles. The molecule has 2 aliphatic heterocycles. The number of aromatic nitrogens is 5. The predicted octanol–water partition coefficient (Wildman–Crippen LogP) is 1.43. The van der Waals surface area contributed by atoms with Gasteiger partial charge in [0.2, 0.25) is 5.91 Å². The van der Waals surface area contributed by atoms with Crippen molar-refractivity contribution in [3.8, 4) is 11.4 Å². The van der Waals surface area contributed by atoms with Crippen LogP contribution in [0.4, 0.5) is 4.39 Å². The zero-order valence-corrected chi connectivity index (χ0v) is 24.7. The maximum atomic E-state index is 15.1. The number of aliphatic hydroxyl groups is 2. The molecule has 5 heterocycles. The van der Waals surface area contributed by atoms with Crippen molar-refractivity contribution in [3.63, 3.8) is 0 Å². The van der Waals surface area contributed by atoms with Crippen LogP contribution in [-0.4, -0.2) is 59.8 Å². The first-order valence-electron chi connectivity index (χ1n) is 14.8. The number of pyridine rings is 2. The number of rotatable bonds is 8. The van der Waals surface area contributed by atoms with E-state index in [2.05, 4.69) is 15.6 Å². The van der Waals surface area contributed by atoms with Crippen molar-refractivity contribution < 1.29 is 33.7 Å². The van der Waals surface area contributed by atoms with Crippen molar-refractivity contribution in [3.05, 3.63) is 73.6 Å². The van der Waals surface area contributed by atoms with Gasteiger partial charge in [-0.2, -0.15) is 0 Å². The third-order valence-electron chi connectivity index (χ3n) is 9.16. The molecular weight excluding hydrogens is 587 g/mol. The molecule has 3 aliphatic rings. The number of nitrogens with one attached hydrogen (secondary N) is 1. The second-order valence-electron chi connectivity index (χ2n) is 11.7. The van der Waals surface area contributed by atoms with Crippen molar-refractivity contribution in [1.82, 2.24) is 29.9 Å². The van der Waals surface area contributed by atoms with E-state index in [1.54, 1.807) is 26.1 Å². The molecule has 0 unspecified atom stereocenters. The first-order valence-corrected chi connectivity index (χ1v) is 14.8. The number of aryl methyl sites for hydroxylation is 1. The fourth-order valence-electron chi connectivity index (χ4n) is 6.78. The van der Waals surface area contributed by atoms with Crippen LogP contribution in [0.15, 0.2) is 23.1 Å². The Morgan fingerprint density at radius 1 is 1.27 bits per heavy atom. The molecule has 2 atom stereocenters. The van der Waals surface area contributed by atoms with E-state index in [0.29, 0.717) is 47.5 Å². The Labute approximate surface area is 255 Å². The average molecular weight is 619 g/mol. The molecule has 234 valence electrons. The summed E-state index contributed by atoms with van der Waals surface area (Å²) in [5.41, 5.74) is 2.53. The molecule has 14 heteroatoms. The number of cyclic esters (lactones) is 1. The molecular formula is C31H31FN6O7. The summed E-state index contributed by atoms with van der Waals surface area (Å²) in [6.45, 7) is 3.38.